The van der Waals surface area contributed by atoms with Gasteiger partial charge in [0.05, 0.1) is 0 Å². The van der Waals surface area contributed by atoms with Crippen LogP contribution in [0.15, 0.2) is 22.9 Å². The number of hydrogen-bond donors (Lipinski definition) is 1. The molecule has 1 aliphatic carbocycles. The van der Waals surface area contributed by atoms with Gasteiger partial charge in [0.15, 0.2) is 0 Å². The van der Waals surface area contributed by atoms with E-state index < -0.39 is 0 Å². The van der Waals surface area contributed by atoms with Crippen LogP contribution in [0.3, 0.4) is 0 Å². The van der Waals surface area contributed by atoms with Gasteiger partial charge in [-0.05, 0) is 59.2 Å². The van der Waals surface area contributed by atoms with Crippen LogP contribution >= 0.6 is 15.9 Å². The third-order valence-electron chi connectivity index (χ3n) is 3.78. The van der Waals surface area contributed by atoms with E-state index in [1.54, 1.807) is 0 Å². The molecule has 2 rings (SSSR count). The molecule has 0 amide bonds. The van der Waals surface area contributed by atoms with E-state index in [1.807, 2.05) is 12.4 Å². The second-order valence-corrected chi connectivity index (χ2v) is 5.93. The molecule has 1 aromatic heterocycles. The van der Waals surface area contributed by atoms with E-state index in [0.717, 1.165) is 16.9 Å². The van der Waals surface area contributed by atoms with Gasteiger partial charge in [-0.3, -0.25) is 4.98 Å². The molecular weight excluding hydrogens is 276 g/mol. The van der Waals surface area contributed by atoms with Crippen LogP contribution in [-0.2, 0) is 6.54 Å². The van der Waals surface area contributed by atoms with Gasteiger partial charge in [-0.2, -0.15) is 0 Å². The van der Waals surface area contributed by atoms with E-state index in [1.165, 1.54) is 37.7 Å². The van der Waals surface area contributed by atoms with Crippen LogP contribution < -0.4 is 5.32 Å². The summed E-state index contributed by atoms with van der Waals surface area (Å²) >= 11 is 3.46. The van der Waals surface area contributed by atoms with Gasteiger partial charge < -0.3 is 5.32 Å². The van der Waals surface area contributed by atoms with Crippen molar-refractivity contribution in [3.63, 3.8) is 0 Å². The van der Waals surface area contributed by atoms with Gasteiger partial charge in [0.25, 0.3) is 0 Å². The first-order valence-corrected chi connectivity index (χ1v) is 7.40. The van der Waals surface area contributed by atoms with E-state index in [-0.39, 0.29) is 0 Å². The summed E-state index contributed by atoms with van der Waals surface area (Å²) in [5.74, 6) is 0.973. The highest BCUT2D eigenvalue weighted by molar-refractivity contribution is 9.10. The quantitative estimate of drug-likeness (QED) is 0.911. The molecule has 1 N–H and O–H groups in total. The zero-order valence-electron chi connectivity index (χ0n) is 10.5. The Kier molecular flexibility index (Phi) is 4.99. The van der Waals surface area contributed by atoms with Gasteiger partial charge in [0.2, 0.25) is 0 Å². The van der Waals surface area contributed by atoms with E-state index in [2.05, 4.69) is 39.2 Å². The van der Waals surface area contributed by atoms with Gasteiger partial charge in [-0.25, -0.2) is 0 Å². The lowest BCUT2D eigenvalue weighted by Gasteiger charge is -2.28. The number of nitrogens with one attached hydrogen (secondary N) is 1. The number of hydrogen-bond acceptors (Lipinski definition) is 2. The molecule has 0 bridgehead atoms. The summed E-state index contributed by atoms with van der Waals surface area (Å²) in [6.45, 7) is 3.25. The molecule has 1 fully saturated rings. The number of nitrogens with zero attached hydrogens (tertiary/aromatic N) is 1. The molecule has 0 spiro atoms. The maximum absolute atomic E-state index is 4.19. The minimum Gasteiger partial charge on any atom is -0.310 e. The predicted molar refractivity (Wildman–Crippen MR) is 74.8 cm³/mol. The lowest BCUT2D eigenvalue weighted by atomic mass is 9.84. The number of pyridine rings is 1. The molecule has 94 valence electrons. The van der Waals surface area contributed by atoms with Gasteiger partial charge >= 0.3 is 0 Å². The zero-order valence-corrected chi connectivity index (χ0v) is 12.0. The molecule has 0 aromatic carbocycles. The second kappa shape index (κ2) is 6.50. The first kappa shape index (κ1) is 13.0. The standard InChI is InChI=1S/C14H21BrN2/c1-2-11-3-5-14(6-4-11)17-9-12-7-13(15)10-16-8-12/h7-8,10-11,14,17H,2-6,9H2,1H3. The predicted octanol–water partition coefficient (Wildman–Crippen LogP) is 3.90. The Hall–Kier alpha value is -0.410. The molecule has 0 saturated heterocycles. The van der Waals surface area contributed by atoms with Gasteiger partial charge in [0.1, 0.15) is 0 Å². The fraction of sp³-hybridized carbons (Fsp3) is 0.643. The average molecular weight is 297 g/mol. The summed E-state index contributed by atoms with van der Waals surface area (Å²) < 4.78 is 1.06. The lowest BCUT2D eigenvalue weighted by molar-refractivity contribution is 0.285. The number of aromatic nitrogens is 1. The molecule has 0 atom stereocenters. The molecule has 1 aliphatic rings. The van der Waals surface area contributed by atoms with Crippen molar-refractivity contribution < 1.29 is 0 Å². The average Bonchev–Trinajstić information content (AvgIpc) is 2.37. The molecule has 1 heterocycles. The SMILES string of the molecule is CCC1CCC(NCc2cncc(Br)c2)CC1. The van der Waals surface area contributed by atoms with E-state index in [0.29, 0.717) is 6.04 Å². The minimum absolute atomic E-state index is 0.705. The highest BCUT2D eigenvalue weighted by Gasteiger charge is 2.19. The smallest absolute Gasteiger partial charge is 0.0410 e. The van der Waals surface area contributed by atoms with Crippen LogP contribution in [0.1, 0.15) is 44.6 Å². The summed E-state index contributed by atoms with van der Waals surface area (Å²) in [5, 5.41) is 3.65. The molecular formula is C14H21BrN2. The van der Waals surface area contributed by atoms with Crippen molar-refractivity contribution in [1.29, 1.82) is 0 Å². The van der Waals surface area contributed by atoms with Crippen LogP contribution in [0, 0.1) is 5.92 Å². The van der Waals surface area contributed by atoms with Crippen LogP contribution in [0.2, 0.25) is 0 Å². The Balaban J connectivity index is 1.76. The molecule has 0 aliphatic heterocycles. The molecule has 17 heavy (non-hydrogen) atoms. The maximum Gasteiger partial charge on any atom is 0.0410 e. The van der Waals surface area contributed by atoms with Crippen LogP contribution in [0.4, 0.5) is 0 Å². The first-order valence-electron chi connectivity index (χ1n) is 6.60. The molecule has 3 heteroatoms. The van der Waals surface area contributed by atoms with Gasteiger partial charge in [-0.1, -0.05) is 13.3 Å². The third kappa shape index (κ3) is 4.07. The summed E-state index contributed by atoms with van der Waals surface area (Å²) in [4.78, 5) is 4.19. The van der Waals surface area contributed by atoms with E-state index in [4.69, 9.17) is 0 Å². The monoisotopic (exact) mass is 296 g/mol. The fourth-order valence-corrected chi connectivity index (χ4v) is 3.00. The maximum atomic E-state index is 4.19. The van der Waals surface area contributed by atoms with Crippen LogP contribution in [0.25, 0.3) is 0 Å². The van der Waals surface area contributed by atoms with Crippen molar-refractivity contribution in [3.8, 4) is 0 Å². The minimum atomic E-state index is 0.705. The summed E-state index contributed by atoms with van der Waals surface area (Å²) in [5.41, 5.74) is 1.26. The van der Waals surface area contributed by atoms with Crippen molar-refractivity contribution in [3.05, 3.63) is 28.5 Å². The van der Waals surface area contributed by atoms with Gasteiger partial charge in [0, 0.05) is 29.5 Å². The molecule has 1 saturated carbocycles. The normalized spacial score (nSPS) is 24.8. The number of rotatable bonds is 4. The molecule has 0 radical (unpaired) electrons. The summed E-state index contributed by atoms with van der Waals surface area (Å²) in [6, 6.07) is 2.84. The van der Waals surface area contributed by atoms with Gasteiger partial charge in [-0.15, -0.1) is 0 Å². The third-order valence-corrected chi connectivity index (χ3v) is 4.21. The second-order valence-electron chi connectivity index (χ2n) is 5.02. The van der Waals surface area contributed by atoms with Crippen molar-refractivity contribution in [2.24, 2.45) is 5.92 Å². The Bertz CT molecular complexity index is 346. The molecule has 2 nitrogen and oxygen atoms in total. The Morgan fingerprint density at radius 3 is 2.71 bits per heavy atom. The molecule has 0 unspecified atom stereocenters. The van der Waals surface area contributed by atoms with E-state index >= 15 is 0 Å². The first-order chi connectivity index (χ1) is 8.28. The highest BCUT2D eigenvalue weighted by atomic mass is 79.9. The largest absolute Gasteiger partial charge is 0.310 e. The lowest BCUT2D eigenvalue weighted by Crippen LogP contribution is -2.32. The van der Waals surface area contributed by atoms with Crippen molar-refractivity contribution in [2.75, 3.05) is 0 Å². The Morgan fingerprint density at radius 1 is 1.29 bits per heavy atom. The number of halogens is 1. The van der Waals surface area contributed by atoms with Crippen LogP contribution in [0.5, 0.6) is 0 Å². The van der Waals surface area contributed by atoms with Crippen molar-refractivity contribution in [2.45, 2.75) is 51.6 Å². The zero-order chi connectivity index (χ0) is 12.1. The van der Waals surface area contributed by atoms with E-state index in [9.17, 15) is 0 Å². The van der Waals surface area contributed by atoms with Crippen molar-refractivity contribution in [1.82, 2.24) is 10.3 Å². The topological polar surface area (TPSA) is 24.9 Å². The highest BCUT2D eigenvalue weighted by Crippen LogP contribution is 2.26. The fourth-order valence-electron chi connectivity index (χ4n) is 2.59. The summed E-state index contributed by atoms with van der Waals surface area (Å²) in [6.07, 6.45) is 10.6. The van der Waals surface area contributed by atoms with Crippen molar-refractivity contribution >= 4 is 15.9 Å². The molecule has 1 aromatic rings. The van der Waals surface area contributed by atoms with Crippen LogP contribution in [-0.4, -0.2) is 11.0 Å². The summed E-state index contributed by atoms with van der Waals surface area (Å²) in [7, 11) is 0. The Labute approximate surface area is 112 Å². The Morgan fingerprint density at radius 2 is 2.06 bits per heavy atom.